The highest BCUT2D eigenvalue weighted by molar-refractivity contribution is 7.98. The van der Waals surface area contributed by atoms with E-state index in [1.54, 1.807) is 21.8 Å². The number of carbonyl (C=O) groups is 1. The molecule has 0 aliphatic rings. The van der Waals surface area contributed by atoms with Crippen LogP contribution < -0.4 is 5.32 Å². The van der Waals surface area contributed by atoms with Gasteiger partial charge in [0.15, 0.2) is 11.6 Å². The van der Waals surface area contributed by atoms with Crippen molar-refractivity contribution in [2.45, 2.75) is 17.2 Å². The summed E-state index contributed by atoms with van der Waals surface area (Å²) in [5.74, 6) is 1.79. The molecule has 0 unspecified atom stereocenters. The molecular formula is C24H20N8OS. The maximum Gasteiger partial charge on any atom is 0.252 e. The Labute approximate surface area is 199 Å². The van der Waals surface area contributed by atoms with E-state index in [4.69, 9.17) is 0 Å². The van der Waals surface area contributed by atoms with E-state index in [9.17, 15) is 4.79 Å². The fraction of sp³-hybridized carbons (Fsp3) is 0.0833. The van der Waals surface area contributed by atoms with Crippen LogP contribution in [-0.2, 0) is 12.3 Å². The summed E-state index contributed by atoms with van der Waals surface area (Å²) in [5, 5.41) is 19.2. The van der Waals surface area contributed by atoms with E-state index in [0.717, 1.165) is 22.0 Å². The number of rotatable bonds is 8. The normalized spacial score (nSPS) is 10.8. The van der Waals surface area contributed by atoms with E-state index >= 15 is 0 Å². The molecule has 0 radical (unpaired) electrons. The average Bonchev–Trinajstić information content (AvgIpc) is 3.60. The first kappa shape index (κ1) is 21.5. The van der Waals surface area contributed by atoms with Gasteiger partial charge in [-0.3, -0.25) is 4.79 Å². The van der Waals surface area contributed by atoms with Crippen molar-refractivity contribution < 1.29 is 4.79 Å². The zero-order valence-electron chi connectivity index (χ0n) is 18.0. The maximum atomic E-state index is 12.9. The van der Waals surface area contributed by atoms with Crippen LogP contribution >= 0.6 is 11.8 Å². The van der Waals surface area contributed by atoms with Gasteiger partial charge in [0, 0.05) is 30.0 Å². The lowest BCUT2D eigenvalue weighted by molar-refractivity contribution is 0.0948. The number of pyridine rings is 1. The summed E-state index contributed by atoms with van der Waals surface area (Å²) in [5.41, 5.74) is 2.39. The van der Waals surface area contributed by atoms with E-state index in [1.807, 2.05) is 79.0 Å². The van der Waals surface area contributed by atoms with Crippen molar-refractivity contribution in [3.8, 4) is 11.5 Å². The van der Waals surface area contributed by atoms with Crippen molar-refractivity contribution >= 4 is 17.7 Å². The lowest BCUT2D eigenvalue weighted by Crippen LogP contribution is -2.23. The van der Waals surface area contributed by atoms with Crippen molar-refractivity contribution in [3.05, 3.63) is 108 Å². The number of hydrogen-bond acceptors (Lipinski definition) is 7. The van der Waals surface area contributed by atoms with Crippen LogP contribution in [-0.4, -0.2) is 40.9 Å². The van der Waals surface area contributed by atoms with Gasteiger partial charge in [-0.2, -0.15) is 9.78 Å². The van der Waals surface area contributed by atoms with Gasteiger partial charge >= 0.3 is 0 Å². The molecule has 168 valence electrons. The van der Waals surface area contributed by atoms with Gasteiger partial charge < -0.3 is 5.32 Å². The first-order valence-electron chi connectivity index (χ1n) is 10.6. The van der Waals surface area contributed by atoms with Gasteiger partial charge in [-0.1, -0.05) is 36.4 Å². The smallest absolute Gasteiger partial charge is 0.252 e. The van der Waals surface area contributed by atoms with Gasteiger partial charge in [0.05, 0.1) is 17.0 Å². The number of para-hydroxylation sites is 1. The molecule has 2 aromatic carbocycles. The Kier molecular flexibility index (Phi) is 6.39. The fourth-order valence-corrected chi connectivity index (χ4v) is 4.28. The Morgan fingerprint density at radius 1 is 0.971 bits per heavy atom. The molecular weight excluding hydrogens is 448 g/mol. The molecule has 0 aliphatic heterocycles. The van der Waals surface area contributed by atoms with Gasteiger partial charge in [0.1, 0.15) is 0 Å². The number of nitrogens with zero attached hydrogens (tertiary/aromatic N) is 7. The number of benzene rings is 2. The lowest BCUT2D eigenvalue weighted by Gasteiger charge is -2.10. The molecule has 5 rings (SSSR count). The van der Waals surface area contributed by atoms with Crippen molar-refractivity contribution in [3.63, 3.8) is 0 Å². The van der Waals surface area contributed by atoms with Crippen LogP contribution in [0.5, 0.6) is 0 Å². The topological polar surface area (TPSA) is 103 Å². The predicted octanol–water partition coefficient (Wildman–Crippen LogP) is 3.47. The minimum Gasteiger partial charge on any atom is -0.348 e. The van der Waals surface area contributed by atoms with Gasteiger partial charge in [-0.25, -0.2) is 9.67 Å². The molecule has 0 atom stereocenters. The second kappa shape index (κ2) is 10.1. The van der Waals surface area contributed by atoms with Crippen LogP contribution in [0, 0.1) is 0 Å². The highest BCUT2D eigenvalue weighted by Gasteiger charge is 2.14. The summed E-state index contributed by atoms with van der Waals surface area (Å²) >= 11 is 1.52. The molecule has 0 saturated heterocycles. The minimum absolute atomic E-state index is 0.151. The Morgan fingerprint density at radius 3 is 2.62 bits per heavy atom. The van der Waals surface area contributed by atoms with Crippen molar-refractivity contribution in [1.82, 2.24) is 40.3 Å². The SMILES string of the molecule is O=C(NCc1ccc(-n2cccn2)nc1)c1ccccc1SCc1nnnn1-c1ccccc1. The molecule has 1 N–H and O–H groups in total. The van der Waals surface area contributed by atoms with Crippen LogP contribution in [0.1, 0.15) is 21.7 Å². The van der Waals surface area contributed by atoms with E-state index in [1.165, 1.54) is 11.8 Å². The van der Waals surface area contributed by atoms with E-state index in [2.05, 4.69) is 30.9 Å². The molecule has 34 heavy (non-hydrogen) atoms. The van der Waals surface area contributed by atoms with Gasteiger partial charge in [-0.05, 0) is 52.4 Å². The number of carbonyl (C=O) groups excluding carboxylic acids is 1. The quantitative estimate of drug-likeness (QED) is 0.348. The summed E-state index contributed by atoms with van der Waals surface area (Å²) in [6, 6.07) is 22.9. The predicted molar refractivity (Wildman–Crippen MR) is 128 cm³/mol. The van der Waals surface area contributed by atoms with Crippen LogP contribution in [0.2, 0.25) is 0 Å². The van der Waals surface area contributed by atoms with Crippen LogP contribution in [0.3, 0.4) is 0 Å². The molecule has 0 spiro atoms. The third-order valence-electron chi connectivity index (χ3n) is 5.02. The second-order valence-corrected chi connectivity index (χ2v) is 8.30. The number of aromatic nitrogens is 7. The summed E-state index contributed by atoms with van der Waals surface area (Å²) in [7, 11) is 0. The van der Waals surface area contributed by atoms with Gasteiger partial charge in [-0.15, -0.1) is 16.9 Å². The Balaban J connectivity index is 1.24. The van der Waals surface area contributed by atoms with E-state index in [0.29, 0.717) is 23.7 Å². The van der Waals surface area contributed by atoms with Crippen molar-refractivity contribution in [2.24, 2.45) is 0 Å². The molecule has 1 amide bonds. The Morgan fingerprint density at radius 2 is 1.82 bits per heavy atom. The Bertz CT molecular complexity index is 1370. The van der Waals surface area contributed by atoms with Gasteiger partial charge in [0.2, 0.25) is 0 Å². The molecule has 10 heteroatoms. The highest BCUT2D eigenvalue weighted by atomic mass is 32.2. The van der Waals surface area contributed by atoms with Crippen molar-refractivity contribution in [1.29, 1.82) is 0 Å². The van der Waals surface area contributed by atoms with E-state index in [-0.39, 0.29) is 5.91 Å². The maximum absolute atomic E-state index is 12.9. The molecule has 5 aromatic rings. The Hall–Kier alpha value is -4.31. The van der Waals surface area contributed by atoms with Crippen LogP contribution in [0.25, 0.3) is 11.5 Å². The summed E-state index contributed by atoms with van der Waals surface area (Å²) in [4.78, 5) is 18.2. The van der Waals surface area contributed by atoms with Gasteiger partial charge in [0.25, 0.3) is 5.91 Å². The average molecular weight is 469 g/mol. The fourth-order valence-electron chi connectivity index (χ4n) is 3.33. The zero-order valence-corrected chi connectivity index (χ0v) is 18.8. The molecule has 0 fully saturated rings. The molecule has 9 nitrogen and oxygen atoms in total. The van der Waals surface area contributed by atoms with Crippen LogP contribution in [0.4, 0.5) is 0 Å². The third-order valence-corrected chi connectivity index (χ3v) is 6.09. The number of hydrogen-bond donors (Lipinski definition) is 1. The summed E-state index contributed by atoms with van der Waals surface area (Å²) < 4.78 is 3.39. The molecule has 0 bridgehead atoms. The van der Waals surface area contributed by atoms with Crippen molar-refractivity contribution in [2.75, 3.05) is 0 Å². The molecule has 3 heterocycles. The molecule has 0 saturated carbocycles. The first-order chi connectivity index (χ1) is 16.8. The third kappa shape index (κ3) is 4.86. The van der Waals surface area contributed by atoms with E-state index < -0.39 is 0 Å². The molecule has 0 aliphatic carbocycles. The first-order valence-corrected chi connectivity index (χ1v) is 11.5. The zero-order chi connectivity index (χ0) is 23.2. The summed E-state index contributed by atoms with van der Waals surface area (Å²) in [6.07, 6.45) is 5.27. The second-order valence-electron chi connectivity index (χ2n) is 7.29. The standard InChI is InChI=1S/C24H20N8OS/c33-24(26-16-18-11-12-22(25-15-18)31-14-6-13-27-31)20-9-4-5-10-21(20)34-17-23-28-29-30-32(23)19-7-2-1-3-8-19/h1-15H,16-17H2,(H,26,33). The number of amides is 1. The lowest BCUT2D eigenvalue weighted by atomic mass is 10.2. The molecule has 3 aromatic heterocycles. The highest BCUT2D eigenvalue weighted by Crippen LogP contribution is 2.26. The monoisotopic (exact) mass is 468 g/mol. The largest absolute Gasteiger partial charge is 0.348 e. The summed E-state index contributed by atoms with van der Waals surface area (Å²) in [6.45, 7) is 0.372. The number of thioether (sulfide) groups is 1. The number of nitrogens with one attached hydrogen (secondary N) is 1. The minimum atomic E-state index is -0.151. The van der Waals surface area contributed by atoms with Crippen LogP contribution in [0.15, 0.2) is 96.3 Å². The number of tetrazole rings is 1.